The van der Waals surface area contributed by atoms with Crippen LogP contribution in [0.4, 0.5) is 0 Å². The molecule has 2 heteroatoms. The largest absolute Gasteiger partial charge is 0.457 e. The maximum Gasteiger partial charge on any atom is 0.130 e. The third-order valence-electron chi connectivity index (χ3n) is 3.34. The monoisotopic (exact) mass is 283 g/mol. The Morgan fingerprint density at radius 2 is 1.86 bits per heavy atom. The molecule has 0 aliphatic rings. The van der Waals surface area contributed by atoms with Crippen LogP contribution in [-0.2, 0) is 6.54 Å². The molecule has 2 nitrogen and oxygen atoms in total. The van der Waals surface area contributed by atoms with Gasteiger partial charge in [0.25, 0.3) is 0 Å². The van der Waals surface area contributed by atoms with Gasteiger partial charge in [-0.15, -0.1) is 0 Å². The van der Waals surface area contributed by atoms with Crippen LogP contribution in [0.15, 0.2) is 42.5 Å². The second-order valence-electron chi connectivity index (χ2n) is 6.04. The van der Waals surface area contributed by atoms with Crippen molar-refractivity contribution in [1.29, 1.82) is 0 Å². The molecule has 0 saturated carbocycles. The summed E-state index contributed by atoms with van der Waals surface area (Å²) in [4.78, 5) is 0. The molecular weight excluding hydrogens is 258 g/mol. The molecule has 0 aromatic heterocycles. The molecule has 2 aromatic carbocycles. The van der Waals surface area contributed by atoms with Crippen LogP contribution in [0, 0.1) is 19.8 Å². The quantitative estimate of drug-likeness (QED) is 0.819. The fourth-order valence-electron chi connectivity index (χ4n) is 2.25. The first-order valence-corrected chi connectivity index (χ1v) is 7.59. The highest BCUT2D eigenvalue weighted by Gasteiger charge is 2.03. The topological polar surface area (TPSA) is 21.3 Å². The maximum atomic E-state index is 5.97. The molecule has 0 spiro atoms. The van der Waals surface area contributed by atoms with Crippen LogP contribution >= 0.6 is 0 Å². The van der Waals surface area contributed by atoms with Gasteiger partial charge >= 0.3 is 0 Å². The fourth-order valence-corrected chi connectivity index (χ4v) is 2.25. The van der Waals surface area contributed by atoms with E-state index < -0.39 is 0 Å². The summed E-state index contributed by atoms with van der Waals surface area (Å²) in [6.07, 6.45) is 0. The summed E-state index contributed by atoms with van der Waals surface area (Å²) in [5.41, 5.74) is 3.67. The number of benzene rings is 2. The molecule has 0 bridgehead atoms. The lowest BCUT2D eigenvalue weighted by Gasteiger charge is -2.12. The lowest BCUT2D eigenvalue weighted by atomic mass is 10.1. The summed E-state index contributed by atoms with van der Waals surface area (Å²) >= 11 is 0. The van der Waals surface area contributed by atoms with Gasteiger partial charge < -0.3 is 10.1 Å². The summed E-state index contributed by atoms with van der Waals surface area (Å²) in [5.74, 6) is 2.49. The molecule has 0 heterocycles. The first-order valence-electron chi connectivity index (χ1n) is 7.59. The Morgan fingerprint density at radius 3 is 2.52 bits per heavy atom. The molecule has 0 aliphatic carbocycles. The van der Waals surface area contributed by atoms with E-state index >= 15 is 0 Å². The zero-order valence-electron chi connectivity index (χ0n) is 13.4. The average molecular weight is 283 g/mol. The smallest absolute Gasteiger partial charge is 0.130 e. The van der Waals surface area contributed by atoms with Crippen molar-refractivity contribution in [2.45, 2.75) is 34.2 Å². The van der Waals surface area contributed by atoms with Crippen molar-refractivity contribution in [3.63, 3.8) is 0 Å². The fraction of sp³-hybridized carbons (Fsp3) is 0.368. The Balaban J connectivity index is 2.02. The van der Waals surface area contributed by atoms with Crippen LogP contribution in [0.25, 0.3) is 0 Å². The van der Waals surface area contributed by atoms with Crippen LogP contribution < -0.4 is 10.1 Å². The van der Waals surface area contributed by atoms with Crippen LogP contribution in [0.5, 0.6) is 11.5 Å². The van der Waals surface area contributed by atoms with Crippen LogP contribution in [0.1, 0.15) is 30.5 Å². The molecule has 2 aromatic rings. The summed E-state index contributed by atoms with van der Waals surface area (Å²) in [6, 6.07) is 14.5. The number of aryl methyl sites for hydroxylation is 2. The molecule has 0 unspecified atom stereocenters. The van der Waals surface area contributed by atoms with E-state index in [9.17, 15) is 0 Å². The Kier molecular flexibility index (Phi) is 5.40. The third kappa shape index (κ3) is 4.91. The van der Waals surface area contributed by atoms with Crippen molar-refractivity contribution in [2.24, 2.45) is 5.92 Å². The molecule has 0 fully saturated rings. The number of hydrogen-bond acceptors (Lipinski definition) is 2. The summed E-state index contributed by atoms with van der Waals surface area (Å²) in [6.45, 7) is 10.6. The van der Waals surface area contributed by atoms with Crippen molar-refractivity contribution >= 4 is 0 Å². The lowest BCUT2D eigenvalue weighted by Crippen LogP contribution is -2.18. The van der Waals surface area contributed by atoms with Crippen molar-refractivity contribution in [3.05, 3.63) is 59.2 Å². The van der Waals surface area contributed by atoms with Crippen molar-refractivity contribution < 1.29 is 4.74 Å². The lowest BCUT2D eigenvalue weighted by molar-refractivity contribution is 0.478. The minimum atomic E-state index is 0.676. The molecule has 0 radical (unpaired) electrons. The molecule has 0 amide bonds. The van der Waals surface area contributed by atoms with E-state index in [2.05, 4.69) is 63.3 Å². The van der Waals surface area contributed by atoms with Crippen molar-refractivity contribution in [1.82, 2.24) is 5.32 Å². The van der Waals surface area contributed by atoms with Gasteiger partial charge in [0.2, 0.25) is 0 Å². The highest BCUT2D eigenvalue weighted by atomic mass is 16.5. The SMILES string of the molecule is Cc1cccc(Oc2ccc(CNCC(C)C)cc2C)c1. The normalized spacial score (nSPS) is 10.9. The summed E-state index contributed by atoms with van der Waals surface area (Å²) in [7, 11) is 0. The minimum Gasteiger partial charge on any atom is -0.457 e. The molecule has 0 saturated heterocycles. The van der Waals surface area contributed by atoms with E-state index in [1.807, 2.05) is 12.1 Å². The summed E-state index contributed by atoms with van der Waals surface area (Å²) in [5, 5.41) is 3.46. The van der Waals surface area contributed by atoms with Gasteiger partial charge in [0.1, 0.15) is 11.5 Å². The number of ether oxygens (including phenoxy) is 1. The molecule has 0 aliphatic heterocycles. The number of nitrogens with one attached hydrogen (secondary N) is 1. The third-order valence-corrected chi connectivity index (χ3v) is 3.34. The average Bonchev–Trinajstić information content (AvgIpc) is 2.41. The van der Waals surface area contributed by atoms with Crippen LogP contribution in [-0.4, -0.2) is 6.54 Å². The van der Waals surface area contributed by atoms with Gasteiger partial charge in [0.05, 0.1) is 0 Å². The van der Waals surface area contributed by atoms with E-state index in [0.29, 0.717) is 5.92 Å². The molecule has 112 valence electrons. The maximum absolute atomic E-state index is 5.97. The van der Waals surface area contributed by atoms with Gasteiger partial charge in [0.15, 0.2) is 0 Å². The van der Waals surface area contributed by atoms with E-state index in [4.69, 9.17) is 4.74 Å². The second kappa shape index (κ2) is 7.28. The Bertz CT molecular complexity index is 590. The molecule has 1 N–H and O–H groups in total. The van der Waals surface area contributed by atoms with E-state index in [1.54, 1.807) is 0 Å². The van der Waals surface area contributed by atoms with Crippen molar-refractivity contribution in [2.75, 3.05) is 6.54 Å². The minimum absolute atomic E-state index is 0.676. The highest BCUT2D eigenvalue weighted by Crippen LogP contribution is 2.26. The predicted octanol–water partition coefficient (Wildman–Crippen LogP) is 4.84. The molecule has 21 heavy (non-hydrogen) atoms. The Hall–Kier alpha value is -1.80. The zero-order chi connectivity index (χ0) is 15.2. The van der Waals surface area contributed by atoms with Gasteiger partial charge in [-0.3, -0.25) is 0 Å². The zero-order valence-corrected chi connectivity index (χ0v) is 13.4. The number of hydrogen-bond donors (Lipinski definition) is 1. The molecule has 2 rings (SSSR count). The van der Waals surface area contributed by atoms with Gasteiger partial charge in [-0.2, -0.15) is 0 Å². The Morgan fingerprint density at radius 1 is 1.05 bits per heavy atom. The first kappa shape index (κ1) is 15.6. The second-order valence-corrected chi connectivity index (χ2v) is 6.04. The van der Waals surface area contributed by atoms with E-state index in [-0.39, 0.29) is 0 Å². The van der Waals surface area contributed by atoms with Gasteiger partial charge in [-0.25, -0.2) is 0 Å². The first-order chi connectivity index (χ1) is 10.0. The van der Waals surface area contributed by atoms with Crippen LogP contribution in [0.2, 0.25) is 0 Å². The molecule has 0 atom stereocenters. The summed E-state index contributed by atoms with van der Waals surface area (Å²) < 4.78 is 5.97. The van der Waals surface area contributed by atoms with Gasteiger partial charge in [-0.05, 0) is 61.2 Å². The van der Waals surface area contributed by atoms with E-state index in [1.165, 1.54) is 16.7 Å². The number of rotatable bonds is 6. The Labute approximate surface area is 128 Å². The molecular formula is C19H25NO. The predicted molar refractivity (Wildman–Crippen MR) is 89.0 cm³/mol. The van der Waals surface area contributed by atoms with E-state index in [0.717, 1.165) is 24.6 Å². The van der Waals surface area contributed by atoms with Gasteiger partial charge in [-0.1, -0.05) is 38.1 Å². The standard InChI is InChI=1S/C19H25NO/c1-14(2)12-20-13-17-8-9-19(16(4)11-17)21-18-7-5-6-15(3)10-18/h5-11,14,20H,12-13H2,1-4H3. The van der Waals surface area contributed by atoms with Gasteiger partial charge in [0, 0.05) is 6.54 Å². The highest BCUT2D eigenvalue weighted by molar-refractivity contribution is 5.40. The van der Waals surface area contributed by atoms with Crippen molar-refractivity contribution in [3.8, 4) is 11.5 Å². The van der Waals surface area contributed by atoms with Crippen LogP contribution in [0.3, 0.4) is 0 Å².